The SMILES string of the molecule is CCOc1ccc(C(=O)O[C@H](C)C(=O)Nc2cc(Cl)cc(Cl)c2)cc1OCC. The monoisotopic (exact) mass is 425 g/mol. The van der Waals surface area contributed by atoms with E-state index in [9.17, 15) is 9.59 Å². The lowest BCUT2D eigenvalue weighted by Gasteiger charge is -2.15. The van der Waals surface area contributed by atoms with Crippen molar-refractivity contribution in [1.29, 1.82) is 0 Å². The van der Waals surface area contributed by atoms with Gasteiger partial charge in [0.15, 0.2) is 17.6 Å². The van der Waals surface area contributed by atoms with Crippen LogP contribution < -0.4 is 14.8 Å². The highest BCUT2D eigenvalue weighted by Gasteiger charge is 2.20. The number of anilines is 1. The smallest absolute Gasteiger partial charge is 0.339 e. The van der Waals surface area contributed by atoms with Crippen molar-refractivity contribution >= 4 is 40.8 Å². The summed E-state index contributed by atoms with van der Waals surface area (Å²) in [6.07, 6.45) is -1.03. The standard InChI is InChI=1S/C20H21Cl2NO5/c1-4-26-17-7-6-13(8-18(17)27-5-2)20(25)28-12(3)19(24)23-16-10-14(21)9-15(22)11-16/h6-12H,4-5H2,1-3H3,(H,23,24)/t12-/m1/s1. The Morgan fingerprint density at radius 3 is 2.18 bits per heavy atom. The molecule has 2 aromatic rings. The van der Waals surface area contributed by atoms with Gasteiger partial charge in [-0.2, -0.15) is 0 Å². The summed E-state index contributed by atoms with van der Waals surface area (Å²) in [4.78, 5) is 24.7. The molecule has 2 rings (SSSR count). The molecule has 0 aliphatic heterocycles. The molecule has 0 aliphatic rings. The van der Waals surface area contributed by atoms with E-state index in [-0.39, 0.29) is 5.56 Å². The number of hydrogen-bond acceptors (Lipinski definition) is 5. The van der Waals surface area contributed by atoms with Crippen LogP contribution in [0.2, 0.25) is 10.0 Å². The Hall–Kier alpha value is -2.44. The van der Waals surface area contributed by atoms with Crippen LogP contribution in [-0.4, -0.2) is 31.2 Å². The maximum absolute atomic E-state index is 12.4. The van der Waals surface area contributed by atoms with Gasteiger partial charge in [-0.3, -0.25) is 4.79 Å². The zero-order valence-corrected chi connectivity index (χ0v) is 17.3. The molecule has 1 atom stereocenters. The minimum absolute atomic E-state index is 0.248. The molecule has 0 aromatic heterocycles. The lowest BCUT2D eigenvalue weighted by Crippen LogP contribution is -2.30. The molecule has 6 nitrogen and oxygen atoms in total. The van der Waals surface area contributed by atoms with Gasteiger partial charge < -0.3 is 19.5 Å². The Bertz CT molecular complexity index is 836. The molecule has 0 radical (unpaired) electrons. The third-order valence-corrected chi connectivity index (χ3v) is 4.00. The molecule has 28 heavy (non-hydrogen) atoms. The summed E-state index contributed by atoms with van der Waals surface area (Å²) in [5.41, 5.74) is 0.655. The highest BCUT2D eigenvalue weighted by Crippen LogP contribution is 2.29. The first-order chi connectivity index (χ1) is 13.3. The number of nitrogens with one attached hydrogen (secondary N) is 1. The molecule has 1 N–H and O–H groups in total. The molecule has 150 valence electrons. The van der Waals surface area contributed by atoms with Gasteiger partial charge in [0.25, 0.3) is 5.91 Å². The Balaban J connectivity index is 2.06. The van der Waals surface area contributed by atoms with E-state index in [4.69, 9.17) is 37.4 Å². The van der Waals surface area contributed by atoms with E-state index in [1.807, 2.05) is 13.8 Å². The first-order valence-corrected chi connectivity index (χ1v) is 9.47. The Kier molecular flexibility index (Phi) is 7.96. The summed E-state index contributed by atoms with van der Waals surface area (Å²) in [5, 5.41) is 3.37. The van der Waals surface area contributed by atoms with Crippen LogP contribution in [0.1, 0.15) is 31.1 Å². The Morgan fingerprint density at radius 2 is 1.57 bits per heavy atom. The van der Waals surface area contributed by atoms with Crippen LogP contribution in [0, 0.1) is 0 Å². The molecular weight excluding hydrogens is 405 g/mol. The van der Waals surface area contributed by atoms with E-state index in [0.29, 0.717) is 40.4 Å². The predicted octanol–water partition coefficient (Wildman–Crippen LogP) is 4.97. The molecule has 0 bridgehead atoms. The molecule has 2 aromatic carbocycles. The van der Waals surface area contributed by atoms with Crippen molar-refractivity contribution in [2.24, 2.45) is 0 Å². The van der Waals surface area contributed by atoms with Gasteiger partial charge in [-0.1, -0.05) is 23.2 Å². The summed E-state index contributed by atoms with van der Waals surface area (Å²) < 4.78 is 16.2. The van der Waals surface area contributed by atoms with E-state index in [1.54, 1.807) is 30.3 Å². The van der Waals surface area contributed by atoms with E-state index in [1.165, 1.54) is 13.0 Å². The Labute approximate surface area is 173 Å². The molecule has 8 heteroatoms. The average Bonchev–Trinajstić information content (AvgIpc) is 2.62. The quantitative estimate of drug-likeness (QED) is 0.603. The molecular formula is C20H21Cl2NO5. The first kappa shape index (κ1) is 21.9. The van der Waals surface area contributed by atoms with Gasteiger partial charge in [0.05, 0.1) is 18.8 Å². The Morgan fingerprint density at radius 1 is 0.964 bits per heavy atom. The second-order valence-corrected chi connectivity index (χ2v) is 6.60. The summed E-state index contributed by atoms with van der Waals surface area (Å²) in [6.45, 7) is 6.03. The fourth-order valence-electron chi connectivity index (χ4n) is 2.33. The lowest BCUT2D eigenvalue weighted by atomic mass is 10.2. The van der Waals surface area contributed by atoms with Crippen molar-refractivity contribution in [3.05, 3.63) is 52.0 Å². The molecule has 0 heterocycles. The number of carbonyl (C=O) groups excluding carboxylic acids is 2. The minimum Gasteiger partial charge on any atom is -0.490 e. The predicted molar refractivity (Wildman–Crippen MR) is 109 cm³/mol. The summed E-state index contributed by atoms with van der Waals surface area (Å²) in [7, 11) is 0. The molecule has 0 saturated carbocycles. The zero-order chi connectivity index (χ0) is 20.7. The number of halogens is 2. The zero-order valence-electron chi connectivity index (χ0n) is 15.8. The van der Waals surface area contributed by atoms with Gasteiger partial charge in [-0.15, -0.1) is 0 Å². The topological polar surface area (TPSA) is 73.9 Å². The van der Waals surface area contributed by atoms with Crippen molar-refractivity contribution in [2.45, 2.75) is 26.9 Å². The highest BCUT2D eigenvalue weighted by atomic mass is 35.5. The number of benzene rings is 2. The minimum atomic E-state index is -1.03. The fourth-order valence-corrected chi connectivity index (χ4v) is 2.86. The molecule has 0 fully saturated rings. The number of esters is 1. The van der Waals surface area contributed by atoms with E-state index < -0.39 is 18.0 Å². The number of hydrogen-bond donors (Lipinski definition) is 1. The highest BCUT2D eigenvalue weighted by molar-refractivity contribution is 6.35. The van der Waals surface area contributed by atoms with Crippen LogP contribution in [0.15, 0.2) is 36.4 Å². The van der Waals surface area contributed by atoms with Gasteiger partial charge >= 0.3 is 5.97 Å². The largest absolute Gasteiger partial charge is 0.490 e. The van der Waals surface area contributed by atoms with E-state index in [0.717, 1.165) is 0 Å². The van der Waals surface area contributed by atoms with Crippen molar-refractivity contribution in [2.75, 3.05) is 18.5 Å². The van der Waals surface area contributed by atoms with Gasteiger partial charge in [-0.25, -0.2) is 4.79 Å². The maximum atomic E-state index is 12.4. The molecule has 1 amide bonds. The summed E-state index contributed by atoms with van der Waals surface area (Å²) in [6, 6.07) is 9.34. The van der Waals surface area contributed by atoms with Crippen LogP contribution in [0.4, 0.5) is 5.69 Å². The van der Waals surface area contributed by atoms with Gasteiger partial charge in [-0.05, 0) is 57.2 Å². The van der Waals surface area contributed by atoms with Gasteiger partial charge in [0.2, 0.25) is 0 Å². The molecule has 0 unspecified atom stereocenters. The number of amides is 1. The van der Waals surface area contributed by atoms with Crippen LogP contribution in [0.3, 0.4) is 0 Å². The lowest BCUT2D eigenvalue weighted by molar-refractivity contribution is -0.123. The van der Waals surface area contributed by atoms with Crippen LogP contribution in [-0.2, 0) is 9.53 Å². The van der Waals surface area contributed by atoms with Crippen molar-refractivity contribution in [3.8, 4) is 11.5 Å². The van der Waals surface area contributed by atoms with Gasteiger partial charge in [0.1, 0.15) is 0 Å². The molecule has 0 spiro atoms. The summed E-state index contributed by atoms with van der Waals surface area (Å²) >= 11 is 11.8. The van der Waals surface area contributed by atoms with Crippen molar-refractivity contribution < 1.29 is 23.8 Å². The molecule has 0 aliphatic carbocycles. The summed E-state index contributed by atoms with van der Waals surface area (Å²) in [5.74, 6) is -0.201. The first-order valence-electron chi connectivity index (χ1n) is 8.71. The third kappa shape index (κ3) is 6.04. The normalized spacial score (nSPS) is 11.5. The maximum Gasteiger partial charge on any atom is 0.339 e. The number of rotatable bonds is 8. The third-order valence-electron chi connectivity index (χ3n) is 3.56. The fraction of sp³-hybridized carbons (Fsp3) is 0.300. The van der Waals surface area contributed by atoms with Gasteiger partial charge in [0, 0.05) is 15.7 Å². The number of ether oxygens (including phenoxy) is 3. The van der Waals surface area contributed by atoms with E-state index >= 15 is 0 Å². The van der Waals surface area contributed by atoms with Crippen LogP contribution >= 0.6 is 23.2 Å². The van der Waals surface area contributed by atoms with Crippen LogP contribution in [0.25, 0.3) is 0 Å². The van der Waals surface area contributed by atoms with E-state index in [2.05, 4.69) is 5.32 Å². The molecule has 0 saturated heterocycles. The second-order valence-electron chi connectivity index (χ2n) is 5.72. The average molecular weight is 426 g/mol. The number of carbonyl (C=O) groups is 2. The van der Waals surface area contributed by atoms with Crippen LogP contribution in [0.5, 0.6) is 11.5 Å². The second kappa shape index (κ2) is 10.2. The van der Waals surface area contributed by atoms with Crippen molar-refractivity contribution in [3.63, 3.8) is 0 Å². The van der Waals surface area contributed by atoms with Crippen molar-refractivity contribution in [1.82, 2.24) is 0 Å².